The average molecular weight is 811 g/mol. The Labute approximate surface area is 343 Å². The second-order valence-corrected chi connectivity index (χ2v) is 18.0. The van der Waals surface area contributed by atoms with Gasteiger partial charge in [-0.1, -0.05) is 44.2 Å². The molecule has 2 aromatic carbocycles. The normalized spacial score (nSPS) is 36.9. The standard InChI is InChI=1S/C45H54N4O10/c1-7-42(54)21-27-22-44(39(52)57-5,35-29(13-17-47(23-27)24-42)28-11-8-9-12-32(28)46-35)31-19-30-33(20-34(31)56-4)49(25-50)37-43(30)15-18-48-16-10-14-41(3,36(43)48)38(59-26(2)51)45(37,55)40(53)58-6/h8-12,14,19-20,25,27,36-38,46,54-55H,7,13,15-18,21-24H2,1-6H3/t27-,36?,37?,38?,41-,42+,43-,44?,45?/m0/s1. The van der Waals surface area contributed by atoms with Gasteiger partial charge in [0.2, 0.25) is 12.0 Å². The van der Waals surface area contributed by atoms with Crippen molar-refractivity contribution in [2.75, 3.05) is 59.0 Å². The molecule has 3 aromatic rings. The highest BCUT2D eigenvalue weighted by Crippen LogP contribution is 2.67. The largest absolute Gasteiger partial charge is 0.496 e. The lowest BCUT2D eigenvalue weighted by Crippen LogP contribution is -2.81. The van der Waals surface area contributed by atoms with Gasteiger partial charge in [-0.25, -0.2) is 4.79 Å². The number of aliphatic hydroxyl groups is 2. The molecule has 0 radical (unpaired) electrons. The Morgan fingerprint density at radius 2 is 1.76 bits per heavy atom. The fourth-order valence-corrected chi connectivity index (χ4v) is 13.1. The van der Waals surface area contributed by atoms with Crippen molar-refractivity contribution in [1.82, 2.24) is 14.8 Å². The first kappa shape index (κ1) is 39.7. The topological polar surface area (TPSA) is 171 Å². The molecule has 10 atom stereocenters. The predicted molar refractivity (Wildman–Crippen MR) is 216 cm³/mol. The molecule has 1 saturated carbocycles. The Morgan fingerprint density at radius 3 is 2.46 bits per heavy atom. The van der Waals surface area contributed by atoms with Crippen LogP contribution in [0.3, 0.4) is 0 Å². The minimum Gasteiger partial charge on any atom is -0.496 e. The number of anilines is 1. The first-order chi connectivity index (χ1) is 28.2. The minimum absolute atomic E-state index is 0.155. The number of hydrogen-bond donors (Lipinski definition) is 3. The number of aromatic amines is 1. The Morgan fingerprint density at radius 1 is 1.00 bits per heavy atom. The van der Waals surface area contributed by atoms with Gasteiger partial charge in [-0.2, -0.15) is 0 Å². The van der Waals surface area contributed by atoms with E-state index >= 15 is 4.79 Å². The molecule has 3 fully saturated rings. The molecule has 9 rings (SSSR count). The molecule has 14 heteroatoms. The quantitative estimate of drug-likeness (QED) is 0.138. The number of para-hydroxylation sites is 1. The van der Waals surface area contributed by atoms with Gasteiger partial charge in [0.05, 0.1) is 38.7 Å². The van der Waals surface area contributed by atoms with Crippen LogP contribution in [0.2, 0.25) is 0 Å². The molecule has 59 heavy (non-hydrogen) atoms. The lowest BCUT2D eigenvalue weighted by atomic mass is 9.49. The summed E-state index contributed by atoms with van der Waals surface area (Å²) < 4.78 is 23.5. The number of benzene rings is 2. The number of methoxy groups -OCH3 is 3. The van der Waals surface area contributed by atoms with Crippen LogP contribution in [0.25, 0.3) is 10.9 Å². The van der Waals surface area contributed by atoms with Crippen LogP contribution >= 0.6 is 0 Å². The highest BCUT2D eigenvalue weighted by molar-refractivity contribution is 5.96. The number of esters is 3. The molecule has 3 N–H and O–H groups in total. The molecule has 1 amide bonds. The predicted octanol–water partition coefficient (Wildman–Crippen LogP) is 3.13. The van der Waals surface area contributed by atoms with E-state index in [-0.39, 0.29) is 12.3 Å². The van der Waals surface area contributed by atoms with E-state index in [2.05, 4.69) is 20.9 Å². The zero-order valence-electron chi connectivity index (χ0n) is 34.6. The fraction of sp³-hybridized carbons (Fsp3) is 0.556. The van der Waals surface area contributed by atoms with E-state index in [1.165, 1.54) is 33.2 Å². The number of aromatic nitrogens is 1. The van der Waals surface area contributed by atoms with Gasteiger partial charge in [0.15, 0.2) is 6.10 Å². The fourth-order valence-electron chi connectivity index (χ4n) is 13.1. The zero-order chi connectivity index (χ0) is 41.9. The van der Waals surface area contributed by atoms with Crippen LogP contribution in [0.4, 0.5) is 5.69 Å². The second kappa shape index (κ2) is 13.6. The molecule has 6 aliphatic rings. The van der Waals surface area contributed by atoms with Crippen LogP contribution in [0.5, 0.6) is 5.75 Å². The van der Waals surface area contributed by atoms with Crippen LogP contribution in [0.15, 0.2) is 48.6 Å². The van der Waals surface area contributed by atoms with Crippen LogP contribution in [0, 0.1) is 11.3 Å². The van der Waals surface area contributed by atoms with Crippen molar-refractivity contribution < 1.29 is 48.3 Å². The third-order valence-corrected chi connectivity index (χ3v) is 15.1. The van der Waals surface area contributed by atoms with E-state index in [0.29, 0.717) is 93.1 Å². The number of hydrogen-bond acceptors (Lipinski definition) is 12. The van der Waals surface area contributed by atoms with Gasteiger partial charge in [-0.3, -0.25) is 24.2 Å². The van der Waals surface area contributed by atoms with E-state index in [9.17, 15) is 24.6 Å². The maximum absolute atomic E-state index is 15.3. The number of fused-ring (bicyclic) bond motifs is 6. The second-order valence-electron chi connectivity index (χ2n) is 18.0. The summed E-state index contributed by atoms with van der Waals surface area (Å²) in [7, 11) is 4.07. The molecule has 314 valence electrons. The van der Waals surface area contributed by atoms with E-state index in [1.807, 2.05) is 50.3 Å². The highest BCUT2D eigenvalue weighted by Gasteiger charge is 2.80. The molecule has 14 nitrogen and oxygen atoms in total. The van der Waals surface area contributed by atoms with E-state index in [4.69, 9.17) is 18.9 Å². The van der Waals surface area contributed by atoms with Crippen LogP contribution in [0.1, 0.15) is 68.8 Å². The van der Waals surface area contributed by atoms with Crippen LogP contribution < -0.4 is 9.64 Å². The number of nitrogens with zero attached hydrogens (tertiary/aromatic N) is 3. The molecule has 6 heterocycles. The van der Waals surface area contributed by atoms with Gasteiger partial charge in [0.1, 0.15) is 11.2 Å². The van der Waals surface area contributed by atoms with Crippen molar-refractivity contribution in [3.8, 4) is 5.75 Å². The van der Waals surface area contributed by atoms with Crippen molar-refractivity contribution in [3.05, 3.63) is 70.9 Å². The molecule has 1 aromatic heterocycles. The van der Waals surface area contributed by atoms with Gasteiger partial charge in [-0.15, -0.1) is 0 Å². The first-order valence-electron chi connectivity index (χ1n) is 20.7. The summed E-state index contributed by atoms with van der Waals surface area (Å²) in [5, 5.41) is 26.1. The van der Waals surface area contributed by atoms with E-state index in [0.717, 1.165) is 16.5 Å². The highest BCUT2D eigenvalue weighted by atomic mass is 16.6. The minimum atomic E-state index is -2.53. The summed E-state index contributed by atoms with van der Waals surface area (Å²) >= 11 is 0. The molecule has 1 aliphatic carbocycles. The summed E-state index contributed by atoms with van der Waals surface area (Å²) in [6.45, 7) is 8.06. The van der Waals surface area contributed by atoms with Crippen molar-refractivity contribution in [3.63, 3.8) is 0 Å². The van der Waals surface area contributed by atoms with Gasteiger partial charge >= 0.3 is 17.9 Å². The lowest BCUT2D eigenvalue weighted by Gasteiger charge is -2.62. The number of piperidine rings is 1. The SMILES string of the molecule is CC[C@@]1(O)C[C@@H]2CN(CCc3c([nH]c4ccccc34)C(C(=O)OC)(c3cc4c(cc3OC)N(C=O)C3C(O)(C(=O)OC)C(OC(C)=O)[C@@]5(C)C=CCN6CC[C@@]43C65)C2)C1. The molecule has 1 spiro atoms. The summed E-state index contributed by atoms with van der Waals surface area (Å²) in [5.41, 5.74) is -3.22. The van der Waals surface area contributed by atoms with Crippen molar-refractivity contribution >= 4 is 40.9 Å². The lowest BCUT2D eigenvalue weighted by molar-refractivity contribution is -0.225. The Kier molecular flexibility index (Phi) is 9.17. The molecule has 5 aliphatic heterocycles. The third-order valence-electron chi connectivity index (χ3n) is 15.1. The molecule has 2 saturated heterocycles. The van der Waals surface area contributed by atoms with Gasteiger partial charge in [0.25, 0.3) is 0 Å². The van der Waals surface area contributed by atoms with Crippen LogP contribution in [-0.2, 0) is 50.6 Å². The monoisotopic (exact) mass is 810 g/mol. The summed E-state index contributed by atoms with van der Waals surface area (Å²) in [4.78, 5) is 65.7. The summed E-state index contributed by atoms with van der Waals surface area (Å²) in [5.74, 6) is -2.09. The average Bonchev–Trinajstić information content (AvgIpc) is 3.90. The smallest absolute Gasteiger partial charge is 0.344 e. The molecular formula is C45H54N4O10. The molecule has 6 unspecified atom stereocenters. The zero-order valence-corrected chi connectivity index (χ0v) is 34.6. The van der Waals surface area contributed by atoms with Crippen LogP contribution in [-0.4, -0.2) is 133 Å². The number of amides is 1. The molecular weight excluding hydrogens is 757 g/mol. The maximum Gasteiger partial charge on any atom is 0.344 e. The first-order valence-corrected chi connectivity index (χ1v) is 20.7. The number of rotatable bonds is 7. The van der Waals surface area contributed by atoms with Gasteiger partial charge < -0.3 is 39.0 Å². The van der Waals surface area contributed by atoms with Gasteiger partial charge in [-0.05, 0) is 67.8 Å². The Balaban J connectivity index is 1.37. The van der Waals surface area contributed by atoms with E-state index < -0.39 is 63.5 Å². The summed E-state index contributed by atoms with van der Waals surface area (Å²) in [6, 6.07) is 9.92. The number of carbonyl (C=O) groups is 4. The Hall–Kier alpha value is -4.76. The number of carbonyl (C=O) groups excluding carboxylic acids is 4. The number of nitrogens with one attached hydrogen (secondary N) is 1. The van der Waals surface area contributed by atoms with Gasteiger partial charge in [0, 0.05) is 78.2 Å². The van der Waals surface area contributed by atoms with Crippen molar-refractivity contribution in [1.29, 1.82) is 0 Å². The van der Waals surface area contributed by atoms with Crippen molar-refractivity contribution in [2.45, 2.75) is 93.1 Å². The number of H-pyrrole nitrogens is 1. The third kappa shape index (κ3) is 5.18. The Bertz CT molecular complexity index is 2290. The number of ether oxygens (including phenoxy) is 4. The maximum atomic E-state index is 15.3. The van der Waals surface area contributed by atoms with E-state index in [1.54, 1.807) is 6.07 Å². The molecule has 2 bridgehead atoms. The summed E-state index contributed by atoms with van der Waals surface area (Å²) in [6.07, 6.45) is 5.34. The van der Waals surface area contributed by atoms with Crippen molar-refractivity contribution in [2.24, 2.45) is 11.3 Å².